The molecule has 0 amide bonds. The zero-order valence-electron chi connectivity index (χ0n) is 14.6. The molecule has 1 aromatic carbocycles. The molecule has 2 atom stereocenters. The van der Waals surface area contributed by atoms with Crippen LogP contribution in [0.2, 0.25) is 0 Å². The van der Waals surface area contributed by atoms with Crippen molar-refractivity contribution >= 4 is 0 Å². The maximum Gasteiger partial charge on any atom is 0.124 e. The van der Waals surface area contributed by atoms with Gasteiger partial charge < -0.3 is 4.90 Å². The largest absolute Gasteiger partial charge is 0.301 e. The van der Waals surface area contributed by atoms with E-state index in [-0.39, 0.29) is 11.5 Å². The predicted octanol–water partition coefficient (Wildman–Crippen LogP) is 3.57. The van der Waals surface area contributed by atoms with Crippen LogP contribution in [0.5, 0.6) is 0 Å². The van der Waals surface area contributed by atoms with Crippen molar-refractivity contribution in [3.8, 4) is 6.07 Å². The van der Waals surface area contributed by atoms with E-state index in [9.17, 15) is 5.26 Å². The average Bonchev–Trinajstić information content (AvgIpc) is 2.49. The Morgan fingerprint density at radius 2 is 1.86 bits per heavy atom. The predicted molar refractivity (Wildman–Crippen MR) is 91.8 cm³/mol. The first kappa shape index (κ1) is 17.0. The highest BCUT2D eigenvalue weighted by Crippen LogP contribution is 2.28. The Hall–Kier alpha value is -1.37. The molecule has 1 aliphatic rings. The molecule has 0 aliphatic carbocycles. The summed E-state index contributed by atoms with van der Waals surface area (Å²) in [5, 5.41) is 9.70. The minimum Gasteiger partial charge on any atom is -0.301 e. The quantitative estimate of drug-likeness (QED) is 0.854. The molecule has 0 bridgehead atoms. The summed E-state index contributed by atoms with van der Waals surface area (Å²) in [7, 11) is 0. The van der Waals surface area contributed by atoms with Crippen molar-refractivity contribution < 1.29 is 0 Å². The summed E-state index contributed by atoms with van der Waals surface area (Å²) in [6.45, 7) is 15.3. The van der Waals surface area contributed by atoms with Crippen molar-refractivity contribution in [1.82, 2.24) is 9.80 Å². The molecule has 2 rings (SSSR count). The molecule has 1 heterocycles. The van der Waals surface area contributed by atoms with Crippen molar-refractivity contribution in [2.75, 3.05) is 26.2 Å². The SMILES string of the molecule is CCN1CCN(C(C#N)c2ccc(C(C)(C)C)cc2)C(C)C1. The van der Waals surface area contributed by atoms with Gasteiger partial charge >= 0.3 is 0 Å². The van der Waals surface area contributed by atoms with Gasteiger partial charge in [-0.3, -0.25) is 4.90 Å². The molecule has 1 fully saturated rings. The van der Waals surface area contributed by atoms with Crippen molar-refractivity contribution in [3.63, 3.8) is 0 Å². The fourth-order valence-electron chi connectivity index (χ4n) is 3.22. The van der Waals surface area contributed by atoms with Crippen molar-refractivity contribution in [1.29, 1.82) is 5.26 Å². The van der Waals surface area contributed by atoms with Crippen molar-refractivity contribution in [2.24, 2.45) is 0 Å². The van der Waals surface area contributed by atoms with Crippen LogP contribution in [0.1, 0.15) is 51.8 Å². The van der Waals surface area contributed by atoms with Crippen LogP contribution in [0, 0.1) is 11.3 Å². The maximum atomic E-state index is 9.70. The number of benzene rings is 1. The van der Waals surface area contributed by atoms with Gasteiger partial charge in [0.05, 0.1) is 6.07 Å². The highest BCUT2D eigenvalue weighted by atomic mass is 15.3. The third kappa shape index (κ3) is 3.69. The molecule has 0 saturated carbocycles. The van der Waals surface area contributed by atoms with Gasteiger partial charge in [-0.05, 0) is 30.0 Å². The van der Waals surface area contributed by atoms with Gasteiger partial charge in [-0.25, -0.2) is 0 Å². The molecule has 1 aliphatic heterocycles. The zero-order chi connectivity index (χ0) is 16.3. The van der Waals surface area contributed by atoms with Gasteiger partial charge in [-0.1, -0.05) is 52.0 Å². The van der Waals surface area contributed by atoms with Gasteiger partial charge in [0.25, 0.3) is 0 Å². The molecule has 0 aromatic heterocycles. The van der Waals surface area contributed by atoms with Gasteiger partial charge in [-0.2, -0.15) is 5.26 Å². The molecule has 1 saturated heterocycles. The van der Waals surface area contributed by atoms with E-state index in [1.54, 1.807) is 0 Å². The normalized spacial score (nSPS) is 22.3. The Morgan fingerprint density at radius 3 is 2.32 bits per heavy atom. The average molecular weight is 299 g/mol. The third-order valence-corrected chi connectivity index (χ3v) is 4.76. The summed E-state index contributed by atoms with van der Waals surface area (Å²) in [6.07, 6.45) is 0. The monoisotopic (exact) mass is 299 g/mol. The van der Waals surface area contributed by atoms with E-state index in [0.29, 0.717) is 6.04 Å². The lowest BCUT2D eigenvalue weighted by molar-refractivity contribution is 0.0683. The fourth-order valence-corrected chi connectivity index (χ4v) is 3.22. The lowest BCUT2D eigenvalue weighted by Crippen LogP contribution is -2.52. The van der Waals surface area contributed by atoms with E-state index in [0.717, 1.165) is 31.7 Å². The lowest BCUT2D eigenvalue weighted by atomic mass is 9.86. The number of rotatable bonds is 3. The van der Waals surface area contributed by atoms with Gasteiger partial charge in [0.1, 0.15) is 6.04 Å². The topological polar surface area (TPSA) is 30.3 Å². The standard InChI is InChI=1S/C19H29N3/c1-6-21-11-12-22(15(2)14-21)18(13-20)16-7-9-17(10-8-16)19(3,4)5/h7-10,15,18H,6,11-12,14H2,1-5H3. The van der Waals surface area contributed by atoms with Crippen molar-refractivity contribution in [3.05, 3.63) is 35.4 Å². The minimum absolute atomic E-state index is 0.136. The van der Waals surface area contributed by atoms with E-state index in [1.807, 2.05) is 0 Å². The van der Waals surface area contributed by atoms with E-state index in [4.69, 9.17) is 0 Å². The molecule has 0 N–H and O–H groups in total. The van der Waals surface area contributed by atoms with Crippen molar-refractivity contribution in [2.45, 2.75) is 52.1 Å². The Morgan fingerprint density at radius 1 is 1.23 bits per heavy atom. The maximum absolute atomic E-state index is 9.70. The Balaban J connectivity index is 2.17. The van der Waals surface area contributed by atoms with E-state index in [1.165, 1.54) is 5.56 Å². The number of piperazine rings is 1. The van der Waals surface area contributed by atoms with Crippen LogP contribution < -0.4 is 0 Å². The van der Waals surface area contributed by atoms with Crippen LogP contribution >= 0.6 is 0 Å². The molecule has 0 radical (unpaired) electrons. The molecule has 0 spiro atoms. The minimum atomic E-state index is -0.136. The molecular weight excluding hydrogens is 270 g/mol. The highest BCUT2D eigenvalue weighted by molar-refractivity contribution is 5.31. The fraction of sp³-hybridized carbons (Fsp3) is 0.632. The summed E-state index contributed by atoms with van der Waals surface area (Å²) in [5.74, 6) is 0. The summed E-state index contributed by atoms with van der Waals surface area (Å²) in [5.41, 5.74) is 2.59. The van der Waals surface area contributed by atoms with Crippen LogP contribution in [0.3, 0.4) is 0 Å². The molecule has 3 heteroatoms. The molecule has 3 nitrogen and oxygen atoms in total. The summed E-state index contributed by atoms with van der Waals surface area (Å²) < 4.78 is 0. The summed E-state index contributed by atoms with van der Waals surface area (Å²) in [6, 6.07) is 11.4. The second kappa shape index (κ2) is 6.81. The highest BCUT2D eigenvalue weighted by Gasteiger charge is 2.29. The van der Waals surface area contributed by atoms with Gasteiger partial charge in [0.2, 0.25) is 0 Å². The van der Waals surface area contributed by atoms with Crippen LogP contribution in [0.25, 0.3) is 0 Å². The van der Waals surface area contributed by atoms with E-state index in [2.05, 4.69) is 74.8 Å². The molecule has 22 heavy (non-hydrogen) atoms. The Kier molecular flexibility index (Phi) is 5.26. The molecular formula is C19H29N3. The first-order valence-corrected chi connectivity index (χ1v) is 8.35. The first-order valence-electron chi connectivity index (χ1n) is 8.35. The van der Waals surface area contributed by atoms with Crippen LogP contribution in [0.4, 0.5) is 0 Å². The smallest absolute Gasteiger partial charge is 0.124 e. The zero-order valence-corrected chi connectivity index (χ0v) is 14.6. The third-order valence-electron chi connectivity index (χ3n) is 4.76. The van der Waals surface area contributed by atoms with E-state index < -0.39 is 0 Å². The van der Waals surface area contributed by atoms with Crippen LogP contribution in [0.15, 0.2) is 24.3 Å². The molecule has 2 unspecified atom stereocenters. The lowest BCUT2D eigenvalue weighted by Gasteiger charge is -2.41. The van der Waals surface area contributed by atoms with Crippen LogP contribution in [-0.4, -0.2) is 42.0 Å². The van der Waals surface area contributed by atoms with Gasteiger partial charge in [0, 0.05) is 25.7 Å². The van der Waals surface area contributed by atoms with E-state index >= 15 is 0 Å². The number of nitrogens with zero attached hydrogens (tertiary/aromatic N) is 3. The first-order chi connectivity index (χ1) is 10.4. The summed E-state index contributed by atoms with van der Waals surface area (Å²) >= 11 is 0. The second-order valence-corrected chi connectivity index (χ2v) is 7.38. The number of nitriles is 1. The van der Waals surface area contributed by atoms with Crippen LogP contribution in [-0.2, 0) is 5.41 Å². The Labute approximate surface area is 135 Å². The molecule has 120 valence electrons. The Bertz CT molecular complexity index is 521. The number of hydrogen-bond acceptors (Lipinski definition) is 3. The van der Waals surface area contributed by atoms with Gasteiger partial charge in [-0.15, -0.1) is 0 Å². The second-order valence-electron chi connectivity index (χ2n) is 7.38. The van der Waals surface area contributed by atoms with Gasteiger partial charge in [0.15, 0.2) is 0 Å². The number of hydrogen-bond donors (Lipinski definition) is 0. The number of likely N-dealkylation sites (N-methyl/N-ethyl adjacent to an activating group) is 1. The molecule has 1 aromatic rings. The summed E-state index contributed by atoms with van der Waals surface area (Å²) in [4.78, 5) is 4.80.